The molecule has 0 atom stereocenters. The van der Waals surface area contributed by atoms with Crippen LogP contribution in [0.5, 0.6) is 0 Å². The first-order chi connectivity index (χ1) is 6.79. The van der Waals surface area contributed by atoms with Crippen LogP contribution in [0.3, 0.4) is 0 Å². The normalized spacial score (nSPS) is 18.9. The van der Waals surface area contributed by atoms with Crippen molar-refractivity contribution in [1.29, 1.82) is 0 Å². The Labute approximate surface area is 88.4 Å². The largest absolute Gasteiger partial charge is 0.393 e. The predicted molar refractivity (Wildman–Crippen MR) is 58.9 cm³/mol. The number of anilines is 1. The zero-order chi connectivity index (χ0) is 9.97. The Morgan fingerprint density at radius 1 is 1.57 bits per heavy atom. The van der Waals surface area contributed by atoms with Crippen LogP contribution in [-0.2, 0) is 6.42 Å². The van der Waals surface area contributed by atoms with Crippen LogP contribution >= 0.6 is 11.3 Å². The molecule has 1 saturated heterocycles. The van der Waals surface area contributed by atoms with Crippen LogP contribution in [0.25, 0.3) is 0 Å². The molecule has 1 aliphatic heterocycles. The van der Waals surface area contributed by atoms with Gasteiger partial charge in [0.1, 0.15) is 0 Å². The van der Waals surface area contributed by atoms with Crippen molar-refractivity contribution in [3.63, 3.8) is 0 Å². The SMILES string of the molecule is CCc1csc(N2CCC(O)CC2)n1. The molecule has 0 saturated carbocycles. The molecule has 2 heterocycles. The van der Waals surface area contributed by atoms with Crippen molar-refractivity contribution in [2.45, 2.75) is 32.3 Å². The van der Waals surface area contributed by atoms with Crippen LogP contribution in [0, 0.1) is 0 Å². The van der Waals surface area contributed by atoms with Crippen molar-refractivity contribution < 1.29 is 5.11 Å². The summed E-state index contributed by atoms with van der Waals surface area (Å²) < 4.78 is 0. The van der Waals surface area contributed by atoms with E-state index in [9.17, 15) is 5.11 Å². The fourth-order valence-electron chi connectivity index (χ4n) is 1.66. The van der Waals surface area contributed by atoms with Gasteiger partial charge in [-0.05, 0) is 19.3 Å². The molecule has 0 aliphatic carbocycles. The first-order valence-electron chi connectivity index (χ1n) is 5.17. The predicted octanol–water partition coefficient (Wildman–Crippen LogP) is 1.67. The van der Waals surface area contributed by atoms with E-state index in [2.05, 4.69) is 22.2 Å². The van der Waals surface area contributed by atoms with E-state index in [1.165, 1.54) is 5.69 Å². The number of aliphatic hydroxyl groups is 1. The summed E-state index contributed by atoms with van der Waals surface area (Å²) in [6.07, 6.45) is 2.66. The number of rotatable bonds is 2. The smallest absolute Gasteiger partial charge is 0.185 e. The molecule has 1 aliphatic rings. The molecule has 0 unspecified atom stereocenters. The van der Waals surface area contributed by atoms with Gasteiger partial charge in [0.15, 0.2) is 5.13 Å². The Hall–Kier alpha value is -0.610. The third kappa shape index (κ3) is 2.07. The van der Waals surface area contributed by atoms with Crippen molar-refractivity contribution in [2.75, 3.05) is 18.0 Å². The second-order valence-corrected chi connectivity index (χ2v) is 4.53. The summed E-state index contributed by atoms with van der Waals surface area (Å²) in [5.74, 6) is 0. The topological polar surface area (TPSA) is 36.4 Å². The lowest BCUT2D eigenvalue weighted by molar-refractivity contribution is 0.145. The standard InChI is InChI=1S/C10H16N2OS/c1-2-8-7-14-10(11-8)12-5-3-9(13)4-6-12/h7,9,13H,2-6H2,1H3. The van der Waals surface area contributed by atoms with Crippen molar-refractivity contribution in [3.8, 4) is 0 Å². The van der Waals surface area contributed by atoms with Gasteiger partial charge in [-0.15, -0.1) is 11.3 Å². The lowest BCUT2D eigenvalue weighted by Crippen LogP contribution is -2.35. The summed E-state index contributed by atoms with van der Waals surface area (Å²) in [6.45, 7) is 4.01. The van der Waals surface area contributed by atoms with Gasteiger partial charge in [-0.1, -0.05) is 6.92 Å². The molecule has 3 nitrogen and oxygen atoms in total. The monoisotopic (exact) mass is 212 g/mol. The molecule has 78 valence electrons. The molecule has 4 heteroatoms. The van der Waals surface area contributed by atoms with E-state index in [4.69, 9.17) is 0 Å². The maximum absolute atomic E-state index is 9.38. The number of aryl methyl sites for hydroxylation is 1. The number of aromatic nitrogens is 1. The fourth-order valence-corrected chi connectivity index (χ4v) is 2.62. The Kier molecular flexibility index (Phi) is 3.03. The van der Waals surface area contributed by atoms with Crippen LogP contribution in [0.1, 0.15) is 25.5 Å². The molecule has 0 aromatic carbocycles. The molecule has 14 heavy (non-hydrogen) atoms. The molecular weight excluding hydrogens is 196 g/mol. The Bertz CT molecular complexity index is 292. The summed E-state index contributed by atoms with van der Waals surface area (Å²) in [4.78, 5) is 6.81. The molecule has 1 fully saturated rings. The van der Waals surface area contributed by atoms with Crippen LogP contribution in [0.15, 0.2) is 5.38 Å². The van der Waals surface area contributed by atoms with E-state index < -0.39 is 0 Å². The van der Waals surface area contributed by atoms with Gasteiger partial charge in [-0.2, -0.15) is 0 Å². The number of hydrogen-bond donors (Lipinski definition) is 1. The number of thiazole rings is 1. The van der Waals surface area contributed by atoms with Gasteiger partial charge in [0.05, 0.1) is 11.8 Å². The van der Waals surface area contributed by atoms with Crippen molar-refractivity contribution in [1.82, 2.24) is 4.98 Å². The van der Waals surface area contributed by atoms with E-state index in [1.54, 1.807) is 11.3 Å². The van der Waals surface area contributed by atoms with Gasteiger partial charge in [-0.3, -0.25) is 0 Å². The van der Waals surface area contributed by atoms with E-state index in [0.29, 0.717) is 0 Å². The molecule has 0 spiro atoms. The Balaban J connectivity index is 2.01. The summed E-state index contributed by atoms with van der Waals surface area (Å²) in [5, 5.41) is 12.6. The number of hydrogen-bond acceptors (Lipinski definition) is 4. The molecule has 1 aromatic heterocycles. The van der Waals surface area contributed by atoms with E-state index in [0.717, 1.165) is 37.5 Å². The number of piperidine rings is 1. The van der Waals surface area contributed by atoms with Gasteiger partial charge < -0.3 is 10.0 Å². The van der Waals surface area contributed by atoms with Gasteiger partial charge in [-0.25, -0.2) is 4.98 Å². The second kappa shape index (κ2) is 4.28. The average Bonchev–Trinajstić information content (AvgIpc) is 2.67. The number of aliphatic hydroxyl groups excluding tert-OH is 1. The highest BCUT2D eigenvalue weighted by atomic mass is 32.1. The lowest BCUT2D eigenvalue weighted by Gasteiger charge is -2.29. The van der Waals surface area contributed by atoms with Gasteiger partial charge in [0.2, 0.25) is 0 Å². The van der Waals surface area contributed by atoms with E-state index in [1.807, 2.05) is 0 Å². The summed E-state index contributed by atoms with van der Waals surface area (Å²) in [6, 6.07) is 0. The first-order valence-corrected chi connectivity index (χ1v) is 6.05. The lowest BCUT2D eigenvalue weighted by atomic mass is 10.1. The van der Waals surface area contributed by atoms with Crippen molar-refractivity contribution >= 4 is 16.5 Å². The minimum Gasteiger partial charge on any atom is -0.393 e. The second-order valence-electron chi connectivity index (χ2n) is 3.69. The molecule has 2 rings (SSSR count). The zero-order valence-electron chi connectivity index (χ0n) is 8.44. The third-order valence-electron chi connectivity index (χ3n) is 2.64. The minimum absolute atomic E-state index is 0.100. The first kappa shape index (κ1) is 9.93. The zero-order valence-corrected chi connectivity index (χ0v) is 9.26. The molecule has 1 N–H and O–H groups in total. The molecule has 0 bridgehead atoms. The highest BCUT2D eigenvalue weighted by molar-refractivity contribution is 7.13. The van der Waals surface area contributed by atoms with E-state index >= 15 is 0 Å². The Morgan fingerprint density at radius 2 is 2.29 bits per heavy atom. The average molecular weight is 212 g/mol. The summed E-state index contributed by atoms with van der Waals surface area (Å²) in [7, 11) is 0. The van der Waals surface area contributed by atoms with E-state index in [-0.39, 0.29) is 6.10 Å². The molecule has 1 aromatic rings. The maximum atomic E-state index is 9.38. The summed E-state index contributed by atoms with van der Waals surface area (Å²) >= 11 is 1.72. The van der Waals surface area contributed by atoms with Gasteiger partial charge >= 0.3 is 0 Å². The highest BCUT2D eigenvalue weighted by Crippen LogP contribution is 2.24. The van der Waals surface area contributed by atoms with Crippen molar-refractivity contribution in [3.05, 3.63) is 11.1 Å². The molecule has 0 amide bonds. The van der Waals surface area contributed by atoms with Crippen LogP contribution < -0.4 is 4.90 Å². The third-order valence-corrected chi connectivity index (χ3v) is 3.59. The minimum atomic E-state index is -0.100. The van der Waals surface area contributed by atoms with Gasteiger partial charge in [0.25, 0.3) is 0 Å². The highest BCUT2D eigenvalue weighted by Gasteiger charge is 2.18. The van der Waals surface area contributed by atoms with Crippen LogP contribution in [0.4, 0.5) is 5.13 Å². The van der Waals surface area contributed by atoms with Crippen LogP contribution in [0.2, 0.25) is 0 Å². The maximum Gasteiger partial charge on any atom is 0.185 e. The van der Waals surface area contributed by atoms with Gasteiger partial charge in [0, 0.05) is 18.5 Å². The fraction of sp³-hybridized carbons (Fsp3) is 0.700. The quantitative estimate of drug-likeness (QED) is 0.810. The molecule has 0 radical (unpaired) electrons. The molecular formula is C10H16N2OS. The Morgan fingerprint density at radius 3 is 2.86 bits per heavy atom. The van der Waals surface area contributed by atoms with Crippen molar-refractivity contribution in [2.24, 2.45) is 0 Å². The van der Waals surface area contributed by atoms with Crippen LogP contribution in [-0.4, -0.2) is 29.3 Å². The number of nitrogens with zero attached hydrogens (tertiary/aromatic N) is 2. The summed E-state index contributed by atoms with van der Waals surface area (Å²) in [5.41, 5.74) is 1.18.